The highest BCUT2D eigenvalue weighted by Crippen LogP contribution is 2.08. The summed E-state index contributed by atoms with van der Waals surface area (Å²) in [4.78, 5) is 11.7. The Bertz CT molecular complexity index is 408. The van der Waals surface area contributed by atoms with Gasteiger partial charge in [-0.05, 0) is 36.2 Å². The molecule has 94 valence electrons. The summed E-state index contributed by atoms with van der Waals surface area (Å²) in [7, 11) is 0. The second-order valence-corrected chi connectivity index (χ2v) is 4.16. The molecule has 17 heavy (non-hydrogen) atoms. The maximum Gasteiger partial charge on any atom is 0.251 e. The first-order valence-corrected chi connectivity index (χ1v) is 6.28. The third-order valence-corrected chi connectivity index (χ3v) is 2.66. The molecule has 1 rings (SSSR count). The van der Waals surface area contributed by atoms with E-state index in [1.807, 2.05) is 6.92 Å². The fourth-order valence-corrected chi connectivity index (χ4v) is 1.64. The lowest BCUT2D eigenvalue weighted by Gasteiger charge is -2.08. The number of carbonyl (C=O) groups excluding carboxylic acids is 1. The number of amides is 1. The SMILES string of the molecule is CCOCCNC(=O)c1cccc(S(=O)[O-])c1. The number of benzene rings is 1. The predicted molar refractivity (Wildman–Crippen MR) is 62.5 cm³/mol. The Morgan fingerprint density at radius 3 is 2.94 bits per heavy atom. The number of hydrogen-bond donors (Lipinski definition) is 1. The maximum atomic E-state index is 11.6. The van der Waals surface area contributed by atoms with Crippen molar-refractivity contribution < 1.29 is 18.3 Å². The summed E-state index contributed by atoms with van der Waals surface area (Å²) in [5.41, 5.74) is 0.322. The minimum atomic E-state index is -2.32. The van der Waals surface area contributed by atoms with Gasteiger partial charge in [0.25, 0.3) is 5.91 Å². The van der Waals surface area contributed by atoms with E-state index in [1.54, 1.807) is 6.07 Å². The molecule has 6 heteroatoms. The van der Waals surface area contributed by atoms with Crippen LogP contribution in [0.4, 0.5) is 0 Å². The molecular formula is C11H14NO4S-. The van der Waals surface area contributed by atoms with Crippen molar-refractivity contribution in [1.29, 1.82) is 0 Å². The molecule has 0 fully saturated rings. The molecule has 1 unspecified atom stereocenters. The molecule has 1 aromatic rings. The van der Waals surface area contributed by atoms with Gasteiger partial charge in [0.05, 0.1) is 6.61 Å². The van der Waals surface area contributed by atoms with Crippen LogP contribution >= 0.6 is 0 Å². The van der Waals surface area contributed by atoms with Crippen molar-refractivity contribution in [2.75, 3.05) is 19.8 Å². The van der Waals surface area contributed by atoms with E-state index >= 15 is 0 Å². The average molecular weight is 256 g/mol. The standard InChI is InChI=1S/C11H15NO4S/c1-2-16-7-6-12-11(13)9-4-3-5-10(8-9)17(14)15/h3-5,8H,2,6-7H2,1H3,(H,12,13)(H,14,15)/p-1. The molecule has 0 heterocycles. The molecule has 0 aliphatic heterocycles. The topological polar surface area (TPSA) is 78.5 Å². The van der Waals surface area contributed by atoms with Crippen LogP contribution in [-0.2, 0) is 15.8 Å². The summed E-state index contributed by atoms with van der Waals surface area (Å²) in [6, 6.07) is 5.86. The van der Waals surface area contributed by atoms with E-state index in [-0.39, 0.29) is 10.8 Å². The molecule has 1 aromatic carbocycles. The molecule has 0 saturated heterocycles. The van der Waals surface area contributed by atoms with Crippen LogP contribution in [0.1, 0.15) is 17.3 Å². The second kappa shape index (κ2) is 7.16. The van der Waals surface area contributed by atoms with Crippen molar-refractivity contribution in [3.8, 4) is 0 Å². The van der Waals surface area contributed by atoms with Crippen LogP contribution in [0.2, 0.25) is 0 Å². The Labute approximate surface area is 102 Å². The molecule has 0 bridgehead atoms. The van der Waals surface area contributed by atoms with Gasteiger partial charge in [-0.15, -0.1) is 0 Å². The number of carbonyl (C=O) groups is 1. The maximum absolute atomic E-state index is 11.6. The quantitative estimate of drug-likeness (QED) is 0.600. The summed E-state index contributed by atoms with van der Waals surface area (Å²) in [6.07, 6.45) is 0. The molecule has 0 aromatic heterocycles. The third-order valence-electron chi connectivity index (χ3n) is 2.02. The van der Waals surface area contributed by atoms with Crippen molar-refractivity contribution in [1.82, 2.24) is 5.32 Å². The molecular weight excluding hydrogens is 242 g/mol. The van der Waals surface area contributed by atoms with Crippen molar-refractivity contribution in [2.24, 2.45) is 0 Å². The Kier molecular flexibility index (Phi) is 5.82. The molecule has 1 N–H and O–H groups in total. The van der Waals surface area contributed by atoms with Gasteiger partial charge in [-0.1, -0.05) is 6.07 Å². The van der Waals surface area contributed by atoms with Crippen molar-refractivity contribution in [2.45, 2.75) is 11.8 Å². The fraction of sp³-hybridized carbons (Fsp3) is 0.364. The normalized spacial score (nSPS) is 12.1. The molecule has 1 atom stereocenters. The number of hydrogen-bond acceptors (Lipinski definition) is 4. The summed E-state index contributed by atoms with van der Waals surface area (Å²) in [5, 5.41) is 2.63. The van der Waals surface area contributed by atoms with E-state index in [0.29, 0.717) is 25.3 Å². The lowest BCUT2D eigenvalue weighted by atomic mass is 10.2. The van der Waals surface area contributed by atoms with E-state index < -0.39 is 11.1 Å². The van der Waals surface area contributed by atoms with Crippen LogP contribution in [0, 0.1) is 0 Å². The number of ether oxygens (including phenoxy) is 1. The van der Waals surface area contributed by atoms with Crippen LogP contribution < -0.4 is 5.32 Å². The average Bonchev–Trinajstić information content (AvgIpc) is 2.34. The Hall–Kier alpha value is -1.24. The zero-order chi connectivity index (χ0) is 12.7. The molecule has 0 aliphatic rings. The van der Waals surface area contributed by atoms with Gasteiger partial charge in [0.2, 0.25) is 0 Å². The van der Waals surface area contributed by atoms with Crippen LogP contribution in [0.3, 0.4) is 0 Å². The lowest BCUT2D eigenvalue weighted by molar-refractivity contribution is 0.0922. The molecule has 0 spiro atoms. The highest BCUT2D eigenvalue weighted by Gasteiger charge is 2.05. The Balaban J connectivity index is 2.56. The van der Waals surface area contributed by atoms with E-state index in [2.05, 4.69) is 5.32 Å². The highest BCUT2D eigenvalue weighted by atomic mass is 32.2. The highest BCUT2D eigenvalue weighted by molar-refractivity contribution is 7.79. The molecule has 0 aliphatic carbocycles. The van der Waals surface area contributed by atoms with E-state index in [9.17, 15) is 13.6 Å². The Morgan fingerprint density at radius 1 is 1.53 bits per heavy atom. The summed E-state index contributed by atoms with van der Waals surface area (Å²) < 4.78 is 26.5. The van der Waals surface area contributed by atoms with Crippen LogP contribution in [0.25, 0.3) is 0 Å². The van der Waals surface area contributed by atoms with Gasteiger partial charge in [-0.2, -0.15) is 0 Å². The first-order chi connectivity index (χ1) is 8.15. The van der Waals surface area contributed by atoms with E-state index in [1.165, 1.54) is 18.2 Å². The predicted octanol–water partition coefficient (Wildman–Crippen LogP) is 0.691. The van der Waals surface area contributed by atoms with Crippen LogP contribution in [-0.4, -0.2) is 34.4 Å². The molecule has 1 amide bonds. The van der Waals surface area contributed by atoms with Gasteiger partial charge in [0.15, 0.2) is 0 Å². The summed E-state index contributed by atoms with van der Waals surface area (Å²) in [5.74, 6) is -0.308. The van der Waals surface area contributed by atoms with Crippen molar-refractivity contribution >= 4 is 17.0 Å². The van der Waals surface area contributed by atoms with E-state index in [0.717, 1.165) is 0 Å². The first kappa shape index (κ1) is 13.8. The van der Waals surface area contributed by atoms with Crippen LogP contribution in [0.5, 0.6) is 0 Å². The second-order valence-electron chi connectivity index (χ2n) is 3.22. The number of rotatable bonds is 6. The van der Waals surface area contributed by atoms with Crippen molar-refractivity contribution in [3.05, 3.63) is 29.8 Å². The Morgan fingerprint density at radius 2 is 2.29 bits per heavy atom. The van der Waals surface area contributed by atoms with Crippen LogP contribution in [0.15, 0.2) is 29.2 Å². The van der Waals surface area contributed by atoms with Gasteiger partial charge in [-0.3, -0.25) is 9.00 Å². The lowest BCUT2D eigenvalue weighted by Crippen LogP contribution is -2.27. The molecule has 0 radical (unpaired) electrons. The minimum Gasteiger partial charge on any atom is -0.768 e. The largest absolute Gasteiger partial charge is 0.768 e. The molecule has 5 nitrogen and oxygen atoms in total. The third kappa shape index (κ3) is 4.64. The monoisotopic (exact) mass is 256 g/mol. The minimum absolute atomic E-state index is 0.0995. The molecule has 0 saturated carbocycles. The smallest absolute Gasteiger partial charge is 0.251 e. The number of nitrogens with one attached hydrogen (secondary N) is 1. The zero-order valence-corrected chi connectivity index (χ0v) is 10.3. The first-order valence-electron chi connectivity index (χ1n) is 5.20. The van der Waals surface area contributed by atoms with E-state index in [4.69, 9.17) is 4.74 Å². The summed E-state index contributed by atoms with van der Waals surface area (Å²) >= 11 is -2.32. The van der Waals surface area contributed by atoms with Gasteiger partial charge in [-0.25, -0.2) is 0 Å². The van der Waals surface area contributed by atoms with Gasteiger partial charge >= 0.3 is 0 Å². The fourth-order valence-electron chi connectivity index (χ4n) is 1.22. The van der Waals surface area contributed by atoms with Crippen molar-refractivity contribution in [3.63, 3.8) is 0 Å². The van der Waals surface area contributed by atoms with Gasteiger partial charge < -0.3 is 14.6 Å². The van der Waals surface area contributed by atoms with Gasteiger partial charge in [0.1, 0.15) is 0 Å². The summed E-state index contributed by atoms with van der Waals surface area (Å²) in [6.45, 7) is 3.31. The zero-order valence-electron chi connectivity index (χ0n) is 9.47. The van der Waals surface area contributed by atoms with Gasteiger partial charge in [0, 0.05) is 23.6 Å².